The van der Waals surface area contributed by atoms with Crippen LogP contribution >= 0.6 is 0 Å². The van der Waals surface area contributed by atoms with Crippen molar-refractivity contribution < 1.29 is 9.84 Å². The second-order valence-electron chi connectivity index (χ2n) is 4.11. The van der Waals surface area contributed by atoms with Gasteiger partial charge in [0.2, 0.25) is 5.88 Å². The Morgan fingerprint density at radius 3 is 2.81 bits per heavy atom. The number of aliphatic hydroxyl groups excluding tert-OH is 1. The molecule has 0 bridgehead atoms. The van der Waals surface area contributed by atoms with Crippen molar-refractivity contribution in [2.24, 2.45) is 0 Å². The standard InChI is InChI=1S/C12H20N2O2/c1-9(2)16-12-11(5-4-6-14-12)8-13-7-10(3)15/h4-6,9-10,13,15H,7-8H2,1-3H3/t10-/m0/s1. The van der Waals surface area contributed by atoms with E-state index >= 15 is 0 Å². The molecule has 0 saturated carbocycles. The first-order valence-corrected chi connectivity index (χ1v) is 5.59. The molecule has 0 spiro atoms. The molecule has 0 radical (unpaired) electrons. The van der Waals surface area contributed by atoms with Crippen LogP contribution in [-0.2, 0) is 6.54 Å². The van der Waals surface area contributed by atoms with Gasteiger partial charge in [-0.05, 0) is 26.8 Å². The number of pyridine rings is 1. The van der Waals surface area contributed by atoms with Gasteiger partial charge in [-0.2, -0.15) is 0 Å². The lowest BCUT2D eigenvalue weighted by Crippen LogP contribution is -2.24. The third-order valence-electron chi connectivity index (χ3n) is 1.95. The van der Waals surface area contributed by atoms with Crippen LogP contribution in [0, 0.1) is 0 Å². The summed E-state index contributed by atoms with van der Waals surface area (Å²) in [5, 5.41) is 12.3. The molecule has 16 heavy (non-hydrogen) atoms. The first kappa shape index (κ1) is 12.9. The molecule has 1 heterocycles. The lowest BCUT2D eigenvalue weighted by molar-refractivity contribution is 0.190. The summed E-state index contributed by atoms with van der Waals surface area (Å²) >= 11 is 0. The molecule has 4 nitrogen and oxygen atoms in total. The fourth-order valence-corrected chi connectivity index (χ4v) is 1.30. The highest BCUT2D eigenvalue weighted by molar-refractivity contribution is 5.25. The summed E-state index contributed by atoms with van der Waals surface area (Å²) in [6.45, 7) is 6.92. The third kappa shape index (κ3) is 4.59. The van der Waals surface area contributed by atoms with Gasteiger partial charge in [-0.1, -0.05) is 6.07 Å². The number of ether oxygens (including phenoxy) is 1. The quantitative estimate of drug-likeness (QED) is 0.765. The molecule has 0 aliphatic heterocycles. The minimum Gasteiger partial charge on any atom is -0.475 e. The van der Waals surface area contributed by atoms with E-state index in [0.29, 0.717) is 19.0 Å². The van der Waals surface area contributed by atoms with Crippen LogP contribution in [0.4, 0.5) is 0 Å². The lowest BCUT2D eigenvalue weighted by Gasteiger charge is -2.13. The molecule has 0 aliphatic carbocycles. The summed E-state index contributed by atoms with van der Waals surface area (Å²) in [5.41, 5.74) is 1.01. The van der Waals surface area contributed by atoms with Crippen LogP contribution in [0.1, 0.15) is 26.3 Å². The lowest BCUT2D eigenvalue weighted by atomic mass is 10.2. The van der Waals surface area contributed by atoms with E-state index in [1.165, 1.54) is 0 Å². The van der Waals surface area contributed by atoms with Crippen LogP contribution in [0.5, 0.6) is 5.88 Å². The minimum atomic E-state index is -0.342. The Hall–Kier alpha value is -1.13. The number of aliphatic hydroxyl groups is 1. The zero-order chi connectivity index (χ0) is 12.0. The van der Waals surface area contributed by atoms with Crippen molar-refractivity contribution >= 4 is 0 Å². The van der Waals surface area contributed by atoms with Gasteiger partial charge in [0.05, 0.1) is 12.2 Å². The van der Waals surface area contributed by atoms with Crippen LogP contribution in [0.25, 0.3) is 0 Å². The molecule has 0 aromatic carbocycles. The second-order valence-corrected chi connectivity index (χ2v) is 4.11. The van der Waals surface area contributed by atoms with E-state index in [9.17, 15) is 0 Å². The normalized spacial score (nSPS) is 12.8. The number of nitrogens with one attached hydrogen (secondary N) is 1. The monoisotopic (exact) mass is 224 g/mol. The van der Waals surface area contributed by atoms with Gasteiger partial charge in [0, 0.05) is 24.8 Å². The predicted molar refractivity (Wildman–Crippen MR) is 63.4 cm³/mol. The number of aromatic nitrogens is 1. The summed E-state index contributed by atoms with van der Waals surface area (Å²) < 4.78 is 5.59. The van der Waals surface area contributed by atoms with Gasteiger partial charge in [-0.15, -0.1) is 0 Å². The highest BCUT2D eigenvalue weighted by Gasteiger charge is 2.06. The smallest absolute Gasteiger partial charge is 0.218 e. The van der Waals surface area contributed by atoms with E-state index in [1.54, 1.807) is 13.1 Å². The van der Waals surface area contributed by atoms with Crippen molar-refractivity contribution in [1.82, 2.24) is 10.3 Å². The molecular weight excluding hydrogens is 204 g/mol. The van der Waals surface area contributed by atoms with E-state index in [2.05, 4.69) is 10.3 Å². The van der Waals surface area contributed by atoms with E-state index < -0.39 is 0 Å². The summed E-state index contributed by atoms with van der Waals surface area (Å²) in [7, 11) is 0. The van der Waals surface area contributed by atoms with Crippen LogP contribution in [-0.4, -0.2) is 28.8 Å². The van der Waals surface area contributed by atoms with Gasteiger partial charge in [0.15, 0.2) is 0 Å². The van der Waals surface area contributed by atoms with Gasteiger partial charge in [0.25, 0.3) is 0 Å². The molecule has 0 saturated heterocycles. The van der Waals surface area contributed by atoms with Crippen molar-refractivity contribution in [2.75, 3.05) is 6.54 Å². The topological polar surface area (TPSA) is 54.4 Å². The number of hydrogen-bond acceptors (Lipinski definition) is 4. The molecule has 1 atom stereocenters. The Labute approximate surface area is 96.7 Å². The Balaban J connectivity index is 2.56. The Morgan fingerprint density at radius 2 is 2.19 bits per heavy atom. The third-order valence-corrected chi connectivity index (χ3v) is 1.95. The molecule has 1 aromatic heterocycles. The summed E-state index contributed by atoms with van der Waals surface area (Å²) in [5.74, 6) is 0.663. The van der Waals surface area contributed by atoms with E-state index in [1.807, 2.05) is 26.0 Å². The average molecular weight is 224 g/mol. The largest absolute Gasteiger partial charge is 0.475 e. The number of rotatable bonds is 6. The maximum atomic E-state index is 9.14. The molecule has 4 heteroatoms. The summed E-state index contributed by atoms with van der Waals surface area (Å²) in [4.78, 5) is 4.19. The van der Waals surface area contributed by atoms with Crippen molar-refractivity contribution in [3.05, 3.63) is 23.9 Å². The zero-order valence-corrected chi connectivity index (χ0v) is 10.1. The van der Waals surface area contributed by atoms with Crippen molar-refractivity contribution in [2.45, 2.75) is 39.5 Å². The van der Waals surface area contributed by atoms with Crippen LogP contribution in [0.15, 0.2) is 18.3 Å². The first-order chi connectivity index (χ1) is 7.59. The van der Waals surface area contributed by atoms with Crippen molar-refractivity contribution in [3.8, 4) is 5.88 Å². The van der Waals surface area contributed by atoms with Gasteiger partial charge >= 0.3 is 0 Å². The fourth-order valence-electron chi connectivity index (χ4n) is 1.30. The first-order valence-electron chi connectivity index (χ1n) is 5.59. The van der Waals surface area contributed by atoms with E-state index in [-0.39, 0.29) is 12.2 Å². The Kier molecular flexibility index (Phi) is 5.22. The van der Waals surface area contributed by atoms with Gasteiger partial charge < -0.3 is 15.2 Å². The molecule has 90 valence electrons. The average Bonchev–Trinajstić information content (AvgIpc) is 2.19. The molecule has 1 aromatic rings. The predicted octanol–water partition coefficient (Wildman–Crippen LogP) is 1.34. The molecule has 1 rings (SSSR count). The maximum absolute atomic E-state index is 9.14. The minimum absolute atomic E-state index is 0.116. The van der Waals surface area contributed by atoms with Crippen molar-refractivity contribution in [1.29, 1.82) is 0 Å². The molecular formula is C12H20N2O2. The van der Waals surface area contributed by atoms with Crippen LogP contribution in [0.2, 0.25) is 0 Å². The molecule has 0 aliphatic rings. The van der Waals surface area contributed by atoms with Crippen molar-refractivity contribution in [3.63, 3.8) is 0 Å². The van der Waals surface area contributed by atoms with E-state index in [4.69, 9.17) is 9.84 Å². The number of hydrogen-bond donors (Lipinski definition) is 2. The number of nitrogens with zero attached hydrogens (tertiary/aromatic N) is 1. The maximum Gasteiger partial charge on any atom is 0.218 e. The summed E-state index contributed by atoms with van der Waals surface area (Å²) in [6.07, 6.45) is 1.49. The fraction of sp³-hybridized carbons (Fsp3) is 0.583. The van der Waals surface area contributed by atoms with Gasteiger partial charge in [0.1, 0.15) is 0 Å². The summed E-state index contributed by atoms with van der Waals surface area (Å²) in [6, 6.07) is 3.85. The highest BCUT2D eigenvalue weighted by Crippen LogP contribution is 2.15. The molecule has 2 N–H and O–H groups in total. The van der Waals surface area contributed by atoms with Crippen LogP contribution < -0.4 is 10.1 Å². The molecule has 0 amide bonds. The van der Waals surface area contributed by atoms with Crippen LogP contribution in [0.3, 0.4) is 0 Å². The zero-order valence-electron chi connectivity index (χ0n) is 10.1. The molecule has 0 unspecified atom stereocenters. The second kappa shape index (κ2) is 6.45. The van der Waals surface area contributed by atoms with Gasteiger partial charge in [-0.25, -0.2) is 4.98 Å². The van der Waals surface area contributed by atoms with E-state index in [0.717, 1.165) is 5.56 Å². The van der Waals surface area contributed by atoms with Gasteiger partial charge in [-0.3, -0.25) is 0 Å². The molecule has 0 fully saturated rings. The SMILES string of the molecule is CC(C)Oc1ncccc1CNC[C@H](C)O. The Morgan fingerprint density at radius 1 is 1.44 bits per heavy atom. The highest BCUT2D eigenvalue weighted by atomic mass is 16.5. The Bertz CT molecular complexity index is 314.